The maximum absolute atomic E-state index is 11.3. The highest BCUT2D eigenvalue weighted by Crippen LogP contribution is 2.32. The summed E-state index contributed by atoms with van der Waals surface area (Å²) in [6, 6.07) is 0. The molecule has 2 rings (SSSR count). The van der Waals surface area contributed by atoms with E-state index in [9.17, 15) is 9.59 Å². The van der Waals surface area contributed by atoms with Crippen LogP contribution in [0.15, 0.2) is 24.3 Å². The van der Waals surface area contributed by atoms with Crippen LogP contribution in [0.5, 0.6) is 0 Å². The third-order valence-electron chi connectivity index (χ3n) is 3.17. The second kappa shape index (κ2) is 4.12. The Morgan fingerprint density at radius 1 is 1.53 bits per heavy atom. The first-order valence-corrected chi connectivity index (χ1v) is 5.27. The van der Waals surface area contributed by atoms with E-state index in [4.69, 9.17) is 5.11 Å². The van der Waals surface area contributed by atoms with Gasteiger partial charge in [-0.25, -0.2) is 9.59 Å². The number of rotatable bonds is 1. The van der Waals surface area contributed by atoms with Crippen molar-refractivity contribution in [2.45, 2.75) is 5.54 Å². The Morgan fingerprint density at radius 3 is 2.94 bits per heavy atom. The Labute approximate surface area is 98.5 Å². The van der Waals surface area contributed by atoms with E-state index in [1.807, 2.05) is 18.2 Å². The summed E-state index contributed by atoms with van der Waals surface area (Å²) in [6.45, 7) is 0.614. The number of hydrogen-bond acceptors (Lipinski definition) is 3. The monoisotopic (exact) mass is 238 g/mol. The minimum Gasteiger partial charge on any atom is -0.465 e. The molecule has 92 valence electrons. The minimum atomic E-state index is -0.979. The molecular formula is C11H14N2O4. The first-order valence-electron chi connectivity index (χ1n) is 5.27. The van der Waals surface area contributed by atoms with E-state index < -0.39 is 17.7 Å². The van der Waals surface area contributed by atoms with Gasteiger partial charge < -0.3 is 20.1 Å². The number of methoxy groups -OCH3 is 1. The summed E-state index contributed by atoms with van der Waals surface area (Å²) in [6.07, 6.45) is 5.84. The van der Waals surface area contributed by atoms with E-state index in [1.54, 1.807) is 6.08 Å². The quantitative estimate of drug-likeness (QED) is 0.708. The molecule has 1 fully saturated rings. The van der Waals surface area contributed by atoms with Crippen LogP contribution in [0.25, 0.3) is 0 Å². The molecule has 2 N–H and O–H groups in total. The fraction of sp³-hybridized carbons (Fsp3) is 0.455. The Morgan fingerprint density at radius 2 is 2.29 bits per heavy atom. The van der Waals surface area contributed by atoms with Crippen molar-refractivity contribution in [2.75, 3.05) is 20.2 Å². The maximum atomic E-state index is 11.3. The number of carboxylic acid groups (broad SMARTS) is 1. The molecule has 0 aromatic heterocycles. The summed E-state index contributed by atoms with van der Waals surface area (Å²) >= 11 is 0. The van der Waals surface area contributed by atoms with Gasteiger partial charge in [0.25, 0.3) is 0 Å². The molecule has 6 nitrogen and oxygen atoms in total. The number of carbonyl (C=O) groups is 2. The lowest BCUT2D eigenvalue weighted by atomic mass is 9.84. The van der Waals surface area contributed by atoms with Crippen molar-refractivity contribution in [1.29, 1.82) is 0 Å². The van der Waals surface area contributed by atoms with E-state index in [2.05, 4.69) is 10.1 Å². The lowest BCUT2D eigenvalue weighted by Gasteiger charge is -2.31. The third kappa shape index (κ3) is 1.98. The van der Waals surface area contributed by atoms with Crippen LogP contribution in [-0.2, 0) is 4.74 Å². The number of ether oxygens (including phenoxy) is 1. The number of fused-ring (bicyclic) bond motifs is 1. The molecule has 0 unspecified atom stereocenters. The summed E-state index contributed by atoms with van der Waals surface area (Å²) in [5, 5.41) is 11.7. The molecule has 0 aromatic carbocycles. The highest BCUT2D eigenvalue weighted by Gasteiger charge is 2.47. The summed E-state index contributed by atoms with van der Waals surface area (Å²) in [5.74, 6) is -0.0531. The normalized spacial score (nSPS) is 29.9. The standard InChI is InChI=1S/C11H14N2O4/c1-17-9(14)12-11-5-3-2-4-8(11)6-13(7-11)10(15)16/h2-5,8H,6-7H2,1H3,(H,12,14)(H,15,16)/t8-,11-/m0/s1. The molecule has 2 aliphatic rings. The molecule has 0 radical (unpaired) electrons. The van der Waals surface area contributed by atoms with Crippen LogP contribution in [0.1, 0.15) is 0 Å². The number of amides is 2. The van der Waals surface area contributed by atoms with Crippen molar-refractivity contribution < 1.29 is 19.4 Å². The molecule has 2 amide bonds. The summed E-state index contributed by atoms with van der Waals surface area (Å²) < 4.78 is 4.58. The molecule has 1 saturated heterocycles. The van der Waals surface area contributed by atoms with Gasteiger partial charge in [-0.1, -0.05) is 24.3 Å². The Bertz CT molecular complexity index is 404. The van der Waals surface area contributed by atoms with Crippen LogP contribution >= 0.6 is 0 Å². The van der Waals surface area contributed by atoms with Crippen LogP contribution in [0, 0.1) is 5.92 Å². The van der Waals surface area contributed by atoms with E-state index in [1.165, 1.54) is 12.0 Å². The Kier molecular flexibility index (Phi) is 2.79. The second-order valence-corrected chi connectivity index (χ2v) is 4.17. The first-order chi connectivity index (χ1) is 8.07. The molecule has 0 aromatic rings. The highest BCUT2D eigenvalue weighted by molar-refractivity contribution is 5.71. The van der Waals surface area contributed by atoms with Gasteiger partial charge in [-0.05, 0) is 0 Å². The van der Waals surface area contributed by atoms with Gasteiger partial charge in [0.2, 0.25) is 0 Å². The van der Waals surface area contributed by atoms with Gasteiger partial charge in [0, 0.05) is 12.5 Å². The van der Waals surface area contributed by atoms with Crippen LogP contribution in [0.4, 0.5) is 9.59 Å². The van der Waals surface area contributed by atoms with Crippen LogP contribution in [0.3, 0.4) is 0 Å². The number of allylic oxidation sites excluding steroid dienone is 2. The smallest absolute Gasteiger partial charge is 0.407 e. The van der Waals surface area contributed by atoms with Crippen LogP contribution < -0.4 is 5.32 Å². The molecule has 0 spiro atoms. The lowest BCUT2D eigenvalue weighted by molar-refractivity contribution is 0.147. The molecular weight excluding hydrogens is 224 g/mol. The van der Waals surface area contributed by atoms with Gasteiger partial charge in [-0.3, -0.25) is 0 Å². The van der Waals surface area contributed by atoms with Gasteiger partial charge >= 0.3 is 12.2 Å². The third-order valence-corrected chi connectivity index (χ3v) is 3.17. The molecule has 1 aliphatic heterocycles. The zero-order chi connectivity index (χ0) is 12.5. The minimum absolute atomic E-state index is 0.0531. The Hall–Kier alpha value is -1.98. The summed E-state index contributed by atoms with van der Waals surface area (Å²) in [7, 11) is 1.28. The second-order valence-electron chi connectivity index (χ2n) is 4.17. The van der Waals surface area contributed by atoms with Crippen molar-refractivity contribution in [3.8, 4) is 0 Å². The van der Waals surface area contributed by atoms with Crippen molar-refractivity contribution >= 4 is 12.2 Å². The van der Waals surface area contributed by atoms with Gasteiger partial charge in [0.15, 0.2) is 0 Å². The molecule has 17 heavy (non-hydrogen) atoms. The number of hydrogen-bond donors (Lipinski definition) is 2. The van der Waals surface area contributed by atoms with E-state index in [-0.39, 0.29) is 12.5 Å². The van der Waals surface area contributed by atoms with Crippen molar-refractivity contribution in [3.63, 3.8) is 0 Å². The number of carbonyl (C=O) groups excluding carboxylic acids is 1. The molecule has 2 atom stereocenters. The van der Waals surface area contributed by atoms with Crippen molar-refractivity contribution in [3.05, 3.63) is 24.3 Å². The fourth-order valence-corrected chi connectivity index (χ4v) is 2.29. The number of alkyl carbamates (subject to hydrolysis) is 1. The average Bonchev–Trinajstić information content (AvgIpc) is 2.68. The predicted octanol–water partition coefficient (Wildman–Crippen LogP) is 0.817. The predicted molar refractivity (Wildman–Crippen MR) is 59.6 cm³/mol. The van der Waals surface area contributed by atoms with Crippen molar-refractivity contribution in [1.82, 2.24) is 10.2 Å². The average molecular weight is 238 g/mol. The SMILES string of the molecule is COC(=O)N[C@]12C=CC=C[C@H]1CN(C(=O)O)C2. The molecule has 1 heterocycles. The zero-order valence-corrected chi connectivity index (χ0v) is 9.42. The van der Waals surface area contributed by atoms with Crippen molar-refractivity contribution in [2.24, 2.45) is 5.92 Å². The van der Waals surface area contributed by atoms with Gasteiger partial charge in [0.1, 0.15) is 0 Å². The van der Waals surface area contributed by atoms with Gasteiger partial charge in [0.05, 0.1) is 19.2 Å². The van der Waals surface area contributed by atoms with Crippen LogP contribution in [-0.4, -0.2) is 47.9 Å². The number of likely N-dealkylation sites (tertiary alicyclic amines) is 1. The summed E-state index contributed by atoms with van der Waals surface area (Å²) in [5.41, 5.74) is -0.680. The molecule has 6 heteroatoms. The highest BCUT2D eigenvalue weighted by atomic mass is 16.5. The largest absolute Gasteiger partial charge is 0.465 e. The van der Waals surface area contributed by atoms with Crippen LogP contribution in [0.2, 0.25) is 0 Å². The van der Waals surface area contributed by atoms with E-state index >= 15 is 0 Å². The summed E-state index contributed by atoms with van der Waals surface area (Å²) in [4.78, 5) is 23.6. The topological polar surface area (TPSA) is 78.9 Å². The molecule has 1 aliphatic carbocycles. The van der Waals surface area contributed by atoms with E-state index in [0.717, 1.165) is 0 Å². The number of nitrogens with one attached hydrogen (secondary N) is 1. The molecule has 0 bridgehead atoms. The Balaban J connectivity index is 2.22. The number of nitrogens with zero attached hydrogens (tertiary/aromatic N) is 1. The first kappa shape index (κ1) is 11.5. The van der Waals surface area contributed by atoms with E-state index in [0.29, 0.717) is 6.54 Å². The maximum Gasteiger partial charge on any atom is 0.407 e. The van der Waals surface area contributed by atoms with Gasteiger partial charge in [-0.2, -0.15) is 0 Å². The van der Waals surface area contributed by atoms with Gasteiger partial charge in [-0.15, -0.1) is 0 Å². The fourth-order valence-electron chi connectivity index (χ4n) is 2.29. The lowest BCUT2D eigenvalue weighted by Crippen LogP contribution is -2.53. The zero-order valence-electron chi connectivity index (χ0n) is 9.42. The molecule has 0 saturated carbocycles.